The molecule has 0 spiro atoms. The average molecular weight is 365 g/mol. The van der Waals surface area contributed by atoms with E-state index < -0.39 is 0 Å². The van der Waals surface area contributed by atoms with Crippen LogP contribution in [0.3, 0.4) is 0 Å². The molecule has 0 unspecified atom stereocenters. The average Bonchev–Trinajstić information content (AvgIpc) is 2.81. The molecule has 20 heavy (non-hydrogen) atoms. The molecule has 1 aromatic heterocycles. The third kappa shape index (κ3) is 4.46. The first kappa shape index (κ1) is 15.8. The highest BCUT2D eigenvalue weighted by Crippen LogP contribution is 2.26. The van der Waals surface area contributed by atoms with Crippen molar-refractivity contribution in [1.29, 1.82) is 0 Å². The third-order valence-corrected chi connectivity index (χ3v) is 4.87. The van der Waals surface area contributed by atoms with E-state index in [2.05, 4.69) is 27.8 Å². The Bertz CT molecular complexity index is 617. The molecule has 0 radical (unpaired) electrons. The van der Waals surface area contributed by atoms with Gasteiger partial charge in [0.15, 0.2) is 9.45 Å². The second-order valence-electron chi connectivity index (χ2n) is 3.51. The highest BCUT2D eigenvalue weighted by molar-refractivity contribution is 8.01. The Hall–Kier alpha value is -0.600. The molecule has 2 N–H and O–H groups in total. The van der Waals surface area contributed by atoms with Gasteiger partial charge in [0.05, 0.1) is 10.0 Å². The third-order valence-electron chi connectivity index (χ3n) is 2.07. The summed E-state index contributed by atoms with van der Waals surface area (Å²) in [5.41, 5.74) is 0.754. The zero-order valence-corrected chi connectivity index (χ0v) is 14.3. The van der Waals surface area contributed by atoms with Gasteiger partial charge in [-0.25, -0.2) is 0 Å². The molecule has 0 saturated heterocycles. The molecule has 1 heterocycles. The normalized spacial score (nSPS) is 10.3. The highest BCUT2D eigenvalue weighted by atomic mass is 35.5. The van der Waals surface area contributed by atoms with Crippen LogP contribution in [0.25, 0.3) is 0 Å². The molecule has 0 aliphatic rings. The molecule has 0 aliphatic heterocycles. The molecule has 9 heteroatoms. The van der Waals surface area contributed by atoms with Crippen molar-refractivity contribution in [2.45, 2.75) is 11.3 Å². The molecule has 0 bridgehead atoms. The van der Waals surface area contributed by atoms with Crippen molar-refractivity contribution in [3.63, 3.8) is 0 Å². The Balaban J connectivity index is 1.95. The van der Waals surface area contributed by atoms with Crippen LogP contribution in [0.1, 0.15) is 6.92 Å². The standard InChI is InChI=1S/C11H10Cl2N4S3/c1-2-19-11-17-16-10(20-11)15-9(18)14-6-3-4-7(12)8(13)5-6/h3-5H,2H2,1H3,(H2,14,15,16,18). The van der Waals surface area contributed by atoms with E-state index in [-0.39, 0.29) is 0 Å². The van der Waals surface area contributed by atoms with Crippen LogP contribution in [0, 0.1) is 0 Å². The van der Waals surface area contributed by atoms with E-state index in [4.69, 9.17) is 35.4 Å². The zero-order valence-electron chi connectivity index (χ0n) is 10.3. The number of aromatic nitrogens is 2. The summed E-state index contributed by atoms with van der Waals surface area (Å²) in [5, 5.41) is 16.1. The highest BCUT2D eigenvalue weighted by Gasteiger charge is 2.06. The molecule has 4 nitrogen and oxygen atoms in total. The van der Waals surface area contributed by atoms with E-state index in [1.807, 2.05) is 0 Å². The maximum absolute atomic E-state index is 5.94. The summed E-state index contributed by atoms with van der Waals surface area (Å²) in [4.78, 5) is 0. The summed E-state index contributed by atoms with van der Waals surface area (Å²) in [6, 6.07) is 5.20. The number of nitrogens with one attached hydrogen (secondary N) is 2. The molecule has 2 rings (SSSR count). The van der Waals surface area contributed by atoms with Crippen LogP contribution in [-0.4, -0.2) is 21.1 Å². The number of hydrogen-bond donors (Lipinski definition) is 2. The molecule has 1 aromatic carbocycles. The number of halogens is 2. The Morgan fingerprint density at radius 2 is 2.10 bits per heavy atom. The Morgan fingerprint density at radius 1 is 1.30 bits per heavy atom. The van der Waals surface area contributed by atoms with E-state index in [0.717, 1.165) is 15.8 Å². The predicted molar refractivity (Wildman–Crippen MR) is 92.6 cm³/mol. The number of rotatable bonds is 4. The van der Waals surface area contributed by atoms with Gasteiger partial charge in [-0.1, -0.05) is 53.2 Å². The van der Waals surface area contributed by atoms with Crippen molar-refractivity contribution in [1.82, 2.24) is 10.2 Å². The lowest BCUT2D eigenvalue weighted by atomic mass is 10.3. The minimum absolute atomic E-state index is 0.424. The number of thioether (sulfide) groups is 1. The van der Waals surface area contributed by atoms with E-state index in [1.165, 1.54) is 11.3 Å². The monoisotopic (exact) mass is 364 g/mol. The second kappa shape index (κ2) is 7.42. The van der Waals surface area contributed by atoms with Crippen molar-refractivity contribution >= 4 is 74.4 Å². The molecule has 0 fully saturated rings. The summed E-state index contributed by atoms with van der Waals surface area (Å²) < 4.78 is 0.910. The molecule has 106 valence electrons. The summed E-state index contributed by atoms with van der Waals surface area (Å²) in [7, 11) is 0. The van der Waals surface area contributed by atoms with Gasteiger partial charge in [-0.15, -0.1) is 10.2 Å². The Labute approximate surface area is 140 Å². The van der Waals surface area contributed by atoms with Gasteiger partial charge < -0.3 is 10.6 Å². The van der Waals surface area contributed by atoms with E-state index in [9.17, 15) is 0 Å². The van der Waals surface area contributed by atoms with Gasteiger partial charge in [-0.2, -0.15) is 0 Å². The van der Waals surface area contributed by atoms with Crippen molar-refractivity contribution < 1.29 is 0 Å². The smallest absolute Gasteiger partial charge is 0.212 e. The fraction of sp³-hybridized carbons (Fsp3) is 0.182. The maximum Gasteiger partial charge on any atom is 0.212 e. The van der Waals surface area contributed by atoms with Crippen LogP contribution in [-0.2, 0) is 0 Å². The van der Waals surface area contributed by atoms with Gasteiger partial charge in [0.1, 0.15) is 0 Å². The number of anilines is 2. The van der Waals surface area contributed by atoms with Crippen LogP contribution in [0.4, 0.5) is 10.8 Å². The summed E-state index contributed by atoms with van der Waals surface area (Å²) in [6.45, 7) is 2.07. The maximum atomic E-state index is 5.94. The molecule has 0 saturated carbocycles. The van der Waals surface area contributed by atoms with Gasteiger partial charge in [-0.05, 0) is 36.2 Å². The first-order chi connectivity index (χ1) is 9.58. The topological polar surface area (TPSA) is 49.8 Å². The zero-order chi connectivity index (χ0) is 14.5. The summed E-state index contributed by atoms with van der Waals surface area (Å²) in [5.74, 6) is 0.959. The van der Waals surface area contributed by atoms with Crippen LogP contribution in [0.15, 0.2) is 22.5 Å². The van der Waals surface area contributed by atoms with E-state index >= 15 is 0 Å². The fourth-order valence-corrected chi connectivity index (χ4v) is 3.51. The molecule has 0 amide bonds. The molecule has 0 atom stereocenters. The Morgan fingerprint density at radius 3 is 2.80 bits per heavy atom. The number of nitrogens with zero attached hydrogens (tertiary/aromatic N) is 2. The summed E-state index contributed by atoms with van der Waals surface area (Å²) >= 11 is 20.1. The first-order valence-electron chi connectivity index (χ1n) is 5.58. The molecule has 0 aliphatic carbocycles. The van der Waals surface area contributed by atoms with E-state index in [0.29, 0.717) is 20.3 Å². The van der Waals surface area contributed by atoms with Crippen LogP contribution in [0.2, 0.25) is 10.0 Å². The quantitative estimate of drug-likeness (QED) is 0.602. The van der Waals surface area contributed by atoms with Gasteiger partial charge >= 0.3 is 0 Å². The second-order valence-corrected chi connectivity index (χ2v) is 7.23. The van der Waals surface area contributed by atoms with Gasteiger partial charge in [0, 0.05) is 5.69 Å². The predicted octanol–water partition coefficient (Wildman–Crippen LogP) is 4.77. The first-order valence-corrected chi connectivity index (χ1v) is 8.54. The number of benzene rings is 1. The Kier molecular flexibility index (Phi) is 5.86. The van der Waals surface area contributed by atoms with Gasteiger partial charge in [-0.3, -0.25) is 0 Å². The lowest BCUT2D eigenvalue weighted by Gasteiger charge is -2.08. The van der Waals surface area contributed by atoms with Crippen molar-refractivity contribution in [2.75, 3.05) is 16.4 Å². The minimum atomic E-state index is 0.424. The molecular formula is C11H10Cl2N4S3. The number of hydrogen-bond acceptors (Lipinski definition) is 5. The minimum Gasteiger partial charge on any atom is -0.332 e. The summed E-state index contributed by atoms with van der Waals surface area (Å²) in [6.07, 6.45) is 0. The van der Waals surface area contributed by atoms with Gasteiger partial charge in [0.25, 0.3) is 0 Å². The van der Waals surface area contributed by atoms with Crippen LogP contribution < -0.4 is 10.6 Å². The van der Waals surface area contributed by atoms with E-state index in [1.54, 1.807) is 30.0 Å². The molecular weight excluding hydrogens is 355 g/mol. The molecule has 2 aromatic rings. The largest absolute Gasteiger partial charge is 0.332 e. The lowest BCUT2D eigenvalue weighted by molar-refractivity contribution is 1.02. The lowest BCUT2D eigenvalue weighted by Crippen LogP contribution is -2.18. The van der Waals surface area contributed by atoms with Crippen LogP contribution >= 0.6 is 58.5 Å². The van der Waals surface area contributed by atoms with Crippen LogP contribution in [0.5, 0.6) is 0 Å². The van der Waals surface area contributed by atoms with Crippen molar-refractivity contribution in [3.8, 4) is 0 Å². The van der Waals surface area contributed by atoms with Crippen molar-refractivity contribution in [3.05, 3.63) is 28.2 Å². The van der Waals surface area contributed by atoms with Crippen molar-refractivity contribution in [2.24, 2.45) is 0 Å². The SMILES string of the molecule is CCSc1nnc(NC(=S)Nc2ccc(Cl)c(Cl)c2)s1. The fourth-order valence-electron chi connectivity index (χ4n) is 1.28. The van der Waals surface area contributed by atoms with Gasteiger partial charge in [0.2, 0.25) is 5.13 Å². The number of thiocarbonyl (C=S) groups is 1.